The van der Waals surface area contributed by atoms with E-state index in [1.807, 2.05) is 27.7 Å². The van der Waals surface area contributed by atoms with E-state index in [0.29, 0.717) is 24.6 Å². The van der Waals surface area contributed by atoms with Crippen LogP contribution in [-0.2, 0) is 11.2 Å². The van der Waals surface area contributed by atoms with E-state index < -0.39 is 0 Å². The largest absolute Gasteiger partial charge is 0.361 e. The van der Waals surface area contributed by atoms with Crippen LogP contribution in [0.15, 0.2) is 33.6 Å². The number of aryl methyl sites for hydroxylation is 2. The van der Waals surface area contributed by atoms with Crippen molar-refractivity contribution in [1.29, 1.82) is 0 Å². The van der Waals surface area contributed by atoms with Gasteiger partial charge in [-0.25, -0.2) is 0 Å². The minimum absolute atomic E-state index is 0.0858. The highest BCUT2D eigenvalue weighted by Crippen LogP contribution is 2.23. The zero-order valence-corrected chi connectivity index (χ0v) is 15.9. The molecule has 0 aliphatic rings. The maximum Gasteiger partial charge on any atom is 0.249 e. The van der Waals surface area contributed by atoms with Gasteiger partial charge in [-0.3, -0.25) is 9.78 Å². The third-order valence-corrected chi connectivity index (χ3v) is 4.41. The summed E-state index contributed by atoms with van der Waals surface area (Å²) in [5.74, 6) is 1.63. The average molecular weight is 369 g/mol. The van der Waals surface area contributed by atoms with Crippen LogP contribution < -0.4 is 5.32 Å². The smallest absolute Gasteiger partial charge is 0.249 e. The number of hydrogen-bond donors (Lipinski definition) is 1. The number of pyridine rings is 1. The standard InChI is InChI=1S/C19H23N5O3/c1-11(2)17(19-22-18(24-27-19)14-7-9-20-10-8-14)21-16(25)6-5-15-12(3)23-26-13(15)4/h7-11,17H,5-6H2,1-4H3,(H,21,25). The van der Waals surface area contributed by atoms with Gasteiger partial charge in [0.25, 0.3) is 0 Å². The lowest BCUT2D eigenvalue weighted by molar-refractivity contribution is -0.122. The van der Waals surface area contributed by atoms with Crippen molar-refractivity contribution in [1.82, 2.24) is 25.6 Å². The Morgan fingerprint density at radius 3 is 2.52 bits per heavy atom. The van der Waals surface area contributed by atoms with Crippen molar-refractivity contribution >= 4 is 5.91 Å². The minimum atomic E-state index is -0.356. The Morgan fingerprint density at radius 1 is 1.15 bits per heavy atom. The summed E-state index contributed by atoms with van der Waals surface area (Å²) in [5.41, 5.74) is 2.61. The van der Waals surface area contributed by atoms with Crippen molar-refractivity contribution in [3.8, 4) is 11.4 Å². The molecule has 1 unspecified atom stereocenters. The van der Waals surface area contributed by atoms with Crippen molar-refractivity contribution in [3.63, 3.8) is 0 Å². The Bertz CT molecular complexity index is 882. The molecule has 0 spiro atoms. The molecule has 142 valence electrons. The summed E-state index contributed by atoms with van der Waals surface area (Å²) < 4.78 is 10.6. The van der Waals surface area contributed by atoms with Gasteiger partial charge < -0.3 is 14.4 Å². The van der Waals surface area contributed by atoms with Crippen LogP contribution in [0.25, 0.3) is 11.4 Å². The first-order chi connectivity index (χ1) is 13.0. The molecule has 8 heteroatoms. The van der Waals surface area contributed by atoms with Gasteiger partial charge in [-0.05, 0) is 38.3 Å². The van der Waals surface area contributed by atoms with Crippen LogP contribution >= 0.6 is 0 Å². The van der Waals surface area contributed by atoms with E-state index >= 15 is 0 Å². The van der Waals surface area contributed by atoms with Crippen LogP contribution in [0, 0.1) is 19.8 Å². The molecule has 0 aromatic carbocycles. The highest BCUT2D eigenvalue weighted by molar-refractivity contribution is 5.76. The maximum atomic E-state index is 12.5. The quantitative estimate of drug-likeness (QED) is 0.681. The predicted molar refractivity (Wildman–Crippen MR) is 97.5 cm³/mol. The van der Waals surface area contributed by atoms with Gasteiger partial charge >= 0.3 is 0 Å². The number of nitrogens with one attached hydrogen (secondary N) is 1. The molecule has 0 aliphatic carbocycles. The first-order valence-corrected chi connectivity index (χ1v) is 8.90. The normalized spacial score (nSPS) is 12.3. The van der Waals surface area contributed by atoms with E-state index in [1.165, 1.54) is 0 Å². The summed E-state index contributed by atoms with van der Waals surface area (Å²) in [4.78, 5) is 20.9. The van der Waals surface area contributed by atoms with Crippen LogP contribution in [0.4, 0.5) is 0 Å². The number of nitrogens with zero attached hydrogens (tertiary/aromatic N) is 4. The average Bonchev–Trinajstić information content (AvgIpc) is 3.26. The van der Waals surface area contributed by atoms with E-state index in [-0.39, 0.29) is 17.9 Å². The van der Waals surface area contributed by atoms with E-state index in [4.69, 9.17) is 9.05 Å². The molecule has 0 fully saturated rings. The Morgan fingerprint density at radius 2 is 1.89 bits per heavy atom. The maximum absolute atomic E-state index is 12.5. The number of carbonyl (C=O) groups is 1. The highest BCUT2D eigenvalue weighted by Gasteiger charge is 2.25. The molecule has 8 nitrogen and oxygen atoms in total. The molecule has 1 amide bonds. The second kappa shape index (κ2) is 8.11. The molecule has 3 aromatic heterocycles. The van der Waals surface area contributed by atoms with Gasteiger partial charge in [0.1, 0.15) is 11.8 Å². The molecule has 0 bridgehead atoms. The third-order valence-electron chi connectivity index (χ3n) is 4.41. The molecule has 0 radical (unpaired) electrons. The van der Waals surface area contributed by atoms with Gasteiger partial charge in [-0.2, -0.15) is 4.98 Å². The topological polar surface area (TPSA) is 107 Å². The van der Waals surface area contributed by atoms with Crippen molar-refractivity contribution in [2.45, 2.75) is 46.6 Å². The van der Waals surface area contributed by atoms with Crippen LogP contribution in [-0.4, -0.2) is 26.2 Å². The Balaban J connectivity index is 1.67. The fraction of sp³-hybridized carbons (Fsp3) is 0.421. The number of aromatic nitrogens is 4. The molecule has 3 aromatic rings. The monoisotopic (exact) mass is 369 g/mol. The lowest BCUT2D eigenvalue weighted by Gasteiger charge is -2.18. The van der Waals surface area contributed by atoms with Crippen molar-refractivity contribution in [3.05, 3.63) is 47.4 Å². The number of rotatable bonds is 7. The lowest BCUT2D eigenvalue weighted by atomic mass is 10.0. The molecule has 1 atom stereocenters. The first kappa shape index (κ1) is 18.8. The van der Waals surface area contributed by atoms with Gasteiger partial charge in [-0.15, -0.1) is 0 Å². The Kier molecular flexibility index (Phi) is 5.63. The summed E-state index contributed by atoms with van der Waals surface area (Å²) >= 11 is 0. The lowest BCUT2D eigenvalue weighted by Crippen LogP contribution is -2.32. The van der Waals surface area contributed by atoms with Gasteiger partial charge in [0.2, 0.25) is 17.6 Å². The Hall–Kier alpha value is -3.03. The summed E-state index contributed by atoms with van der Waals surface area (Å²) in [6, 6.07) is 3.26. The van der Waals surface area contributed by atoms with Gasteiger partial charge in [0, 0.05) is 29.9 Å². The van der Waals surface area contributed by atoms with Crippen molar-refractivity contribution < 1.29 is 13.8 Å². The molecule has 3 heterocycles. The summed E-state index contributed by atoms with van der Waals surface area (Å²) in [7, 11) is 0. The van der Waals surface area contributed by atoms with Gasteiger partial charge in [-0.1, -0.05) is 24.2 Å². The second-order valence-corrected chi connectivity index (χ2v) is 6.78. The molecule has 0 aliphatic heterocycles. The van der Waals surface area contributed by atoms with Crippen LogP contribution in [0.5, 0.6) is 0 Å². The molecule has 0 saturated carbocycles. The van der Waals surface area contributed by atoms with E-state index in [9.17, 15) is 4.79 Å². The van der Waals surface area contributed by atoms with E-state index in [0.717, 1.165) is 22.6 Å². The number of amides is 1. The predicted octanol–water partition coefficient (Wildman–Crippen LogP) is 3.18. The highest BCUT2D eigenvalue weighted by atomic mass is 16.5. The summed E-state index contributed by atoms with van der Waals surface area (Å²) in [6.07, 6.45) is 4.24. The summed E-state index contributed by atoms with van der Waals surface area (Å²) in [5, 5.41) is 10.9. The van der Waals surface area contributed by atoms with Gasteiger partial charge in [0.15, 0.2) is 0 Å². The second-order valence-electron chi connectivity index (χ2n) is 6.78. The molecular formula is C19H23N5O3. The van der Waals surface area contributed by atoms with E-state index in [1.54, 1.807) is 24.5 Å². The van der Waals surface area contributed by atoms with Gasteiger partial charge in [0.05, 0.1) is 5.69 Å². The fourth-order valence-corrected chi connectivity index (χ4v) is 2.84. The zero-order valence-electron chi connectivity index (χ0n) is 15.9. The zero-order chi connectivity index (χ0) is 19.4. The van der Waals surface area contributed by atoms with Crippen LogP contribution in [0.2, 0.25) is 0 Å². The molecule has 1 N–H and O–H groups in total. The number of hydrogen-bond acceptors (Lipinski definition) is 7. The van der Waals surface area contributed by atoms with Crippen molar-refractivity contribution in [2.75, 3.05) is 0 Å². The van der Waals surface area contributed by atoms with Crippen molar-refractivity contribution in [2.24, 2.45) is 5.92 Å². The SMILES string of the molecule is Cc1noc(C)c1CCC(=O)NC(c1nc(-c2ccncc2)no1)C(C)C. The molecular weight excluding hydrogens is 346 g/mol. The third kappa shape index (κ3) is 4.39. The van der Waals surface area contributed by atoms with Crippen LogP contribution in [0.1, 0.15) is 49.2 Å². The van der Waals surface area contributed by atoms with E-state index in [2.05, 4.69) is 25.6 Å². The number of carbonyl (C=O) groups excluding carboxylic acids is 1. The fourth-order valence-electron chi connectivity index (χ4n) is 2.84. The molecule has 27 heavy (non-hydrogen) atoms. The minimum Gasteiger partial charge on any atom is -0.361 e. The molecule has 3 rings (SSSR count). The first-order valence-electron chi connectivity index (χ1n) is 8.90. The summed E-state index contributed by atoms with van der Waals surface area (Å²) in [6.45, 7) is 7.72. The Labute approximate surface area is 157 Å². The molecule has 0 saturated heterocycles. The van der Waals surface area contributed by atoms with Crippen LogP contribution in [0.3, 0.4) is 0 Å².